The SMILES string of the molecule is CCCN1CCN(C(c2ccccc2Br)C(N)CC)CC1. The van der Waals surface area contributed by atoms with Crippen molar-refractivity contribution in [1.82, 2.24) is 9.80 Å². The number of hydrogen-bond acceptors (Lipinski definition) is 3. The van der Waals surface area contributed by atoms with Crippen LogP contribution >= 0.6 is 15.9 Å². The van der Waals surface area contributed by atoms with E-state index in [2.05, 4.69) is 63.8 Å². The van der Waals surface area contributed by atoms with Crippen molar-refractivity contribution >= 4 is 15.9 Å². The molecule has 0 radical (unpaired) electrons. The van der Waals surface area contributed by atoms with E-state index in [1.807, 2.05) is 0 Å². The van der Waals surface area contributed by atoms with Crippen LogP contribution in [0.3, 0.4) is 0 Å². The van der Waals surface area contributed by atoms with Crippen molar-refractivity contribution in [2.75, 3.05) is 32.7 Å². The molecular weight excluding hydrogens is 326 g/mol. The molecular formula is C17H28BrN3. The first kappa shape index (κ1) is 16.9. The fourth-order valence-electron chi connectivity index (χ4n) is 3.22. The summed E-state index contributed by atoms with van der Waals surface area (Å²) in [7, 11) is 0. The van der Waals surface area contributed by atoms with Gasteiger partial charge in [-0.1, -0.05) is 48.0 Å². The third-order valence-electron chi connectivity index (χ3n) is 4.44. The molecule has 21 heavy (non-hydrogen) atoms. The van der Waals surface area contributed by atoms with Crippen molar-refractivity contribution in [3.8, 4) is 0 Å². The Balaban J connectivity index is 2.13. The largest absolute Gasteiger partial charge is 0.326 e. The minimum absolute atomic E-state index is 0.182. The highest BCUT2D eigenvalue weighted by Crippen LogP contribution is 2.31. The Morgan fingerprint density at radius 1 is 1.14 bits per heavy atom. The molecule has 2 N–H and O–H groups in total. The summed E-state index contributed by atoms with van der Waals surface area (Å²) in [5, 5.41) is 0. The molecule has 2 unspecified atom stereocenters. The van der Waals surface area contributed by atoms with Gasteiger partial charge < -0.3 is 10.6 Å². The van der Waals surface area contributed by atoms with Gasteiger partial charge in [0.15, 0.2) is 0 Å². The third-order valence-corrected chi connectivity index (χ3v) is 5.16. The number of nitrogens with zero attached hydrogens (tertiary/aromatic N) is 2. The summed E-state index contributed by atoms with van der Waals surface area (Å²) in [6.07, 6.45) is 2.24. The minimum atomic E-state index is 0.182. The topological polar surface area (TPSA) is 32.5 Å². The molecule has 4 heteroatoms. The van der Waals surface area contributed by atoms with Crippen LogP contribution in [0, 0.1) is 0 Å². The molecule has 1 aliphatic rings. The molecule has 0 bridgehead atoms. The van der Waals surface area contributed by atoms with E-state index in [0.29, 0.717) is 6.04 Å². The summed E-state index contributed by atoms with van der Waals surface area (Å²) in [5.41, 5.74) is 7.80. The first-order valence-electron chi connectivity index (χ1n) is 8.13. The lowest BCUT2D eigenvalue weighted by Crippen LogP contribution is -2.51. The highest BCUT2D eigenvalue weighted by atomic mass is 79.9. The summed E-state index contributed by atoms with van der Waals surface area (Å²) in [4.78, 5) is 5.13. The molecule has 1 saturated heterocycles. The van der Waals surface area contributed by atoms with Gasteiger partial charge in [0.05, 0.1) is 6.04 Å². The Morgan fingerprint density at radius 3 is 2.38 bits per heavy atom. The smallest absolute Gasteiger partial charge is 0.0511 e. The predicted octanol–water partition coefficient (Wildman–Crippen LogP) is 3.26. The van der Waals surface area contributed by atoms with Gasteiger partial charge >= 0.3 is 0 Å². The van der Waals surface area contributed by atoms with Gasteiger partial charge in [0.2, 0.25) is 0 Å². The van der Waals surface area contributed by atoms with Crippen molar-refractivity contribution in [3.63, 3.8) is 0 Å². The minimum Gasteiger partial charge on any atom is -0.326 e. The van der Waals surface area contributed by atoms with Crippen LogP contribution in [0.5, 0.6) is 0 Å². The van der Waals surface area contributed by atoms with E-state index in [1.54, 1.807) is 0 Å². The van der Waals surface area contributed by atoms with E-state index in [-0.39, 0.29) is 6.04 Å². The van der Waals surface area contributed by atoms with E-state index in [9.17, 15) is 0 Å². The van der Waals surface area contributed by atoms with Crippen LogP contribution in [0.2, 0.25) is 0 Å². The van der Waals surface area contributed by atoms with Crippen molar-refractivity contribution in [3.05, 3.63) is 34.3 Å². The van der Waals surface area contributed by atoms with Crippen LogP contribution in [-0.2, 0) is 0 Å². The van der Waals surface area contributed by atoms with Crippen LogP contribution in [0.1, 0.15) is 38.3 Å². The maximum absolute atomic E-state index is 6.47. The second-order valence-corrected chi connectivity index (χ2v) is 6.77. The zero-order chi connectivity index (χ0) is 15.2. The zero-order valence-corrected chi connectivity index (χ0v) is 14.8. The molecule has 0 spiro atoms. The van der Waals surface area contributed by atoms with Gasteiger partial charge in [-0.25, -0.2) is 0 Å². The molecule has 0 amide bonds. The quantitative estimate of drug-likeness (QED) is 0.851. The Hall–Kier alpha value is -0.420. The normalized spacial score (nSPS) is 20.4. The number of hydrogen-bond donors (Lipinski definition) is 1. The molecule has 3 nitrogen and oxygen atoms in total. The molecule has 0 aromatic heterocycles. The van der Waals surface area contributed by atoms with Gasteiger partial charge in [0, 0.05) is 36.7 Å². The lowest BCUT2D eigenvalue weighted by Gasteiger charge is -2.41. The standard InChI is InChI=1S/C17H28BrN3/c1-3-9-20-10-12-21(13-11-20)17(16(19)4-2)14-7-5-6-8-15(14)18/h5-8,16-17H,3-4,9-13,19H2,1-2H3. The highest BCUT2D eigenvalue weighted by molar-refractivity contribution is 9.10. The van der Waals surface area contributed by atoms with Crippen LogP contribution < -0.4 is 5.73 Å². The molecule has 2 rings (SSSR count). The Kier molecular flexibility index (Phi) is 6.68. The number of benzene rings is 1. The zero-order valence-electron chi connectivity index (χ0n) is 13.3. The van der Waals surface area contributed by atoms with Gasteiger partial charge in [-0.3, -0.25) is 4.90 Å². The Labute approximate surface area is 137 Å². The van der Waals surface area contributed by atoms with Crippen LogP contribution in [-0.4, -0.2) is 48.6 Å². The second kappa shape index (κ2) is 8.28. The second-order valence-electron chi connectivity index (χ2n) is 5.92. The van der Waals surface area contributed by atoms with Gasteiger partial charge in [0.25, 0.3) is 0 Å². The summed E-state index contributed by atoms with van der Waals surface area (Å²) in [5.74, 6) is 0. The molecule has 0 saturated carbocycles. The van der Waals surface area contributed by atoms with E-state index in [4.69, 9.17) is 5.73 Å². The van der Waals surface area contributed by atoms with E-state index >= 15 is 0 Å². The maximum atomic E-state index is 6.47. The van der Waals surface area contributed by atoms with Gasteiger partial charge in [0.1, 0.15) is 0 Å². The molecule has 0 aliphatic carbocycles. The van der Waals surface area contributed by atoms with Crippen molar-refractivity contribution < 1.29 is 0 Å². The summed E-state index contributed by atoms with van der Waals surface area (Å²) >= 11 is 3.71. The Bertz CT molecular complexity index is 430. The van der Waals surface area contributed by atoms with E-state index in [0.717, 1.165) is 32.6 Å². The maximum Gasteiger partial charge on any atom is 0.0511 e. The predicted molar refractivity (Wildman–Crippen MR) is 93.5 cm³/mol. The monoisotopic (exact) mass is 353 g/mol. The fourth-order valence-corrected chi connectivity index (χ4v) is 3.74. The number of piperazine rings is 1. The van der Waals surface area contributed by atoms with E-state index in [1.165, 1.54) is 23.0 Å². The molecule has 1 fully saturated rings. The fraction of sp³-hybridized carbons (Fsp3) is 0.647. The van der Waals surface area contributed by atoms with Gasteiger partial charge in [-0.2, -0.15) is 0 Å². The van der Waals surface area contributed by atoms with E-state index < -0.39 is 0 Å². The number of nitrogens with two attached hydrogens (primary N) is 1. The summed E-state index contributed by atoms with van der Waals surface area (Å²) in [6, 6.07) is 9.01. The lowest BCUT2D eigenvalue weighted by atomic mass is 9.95. The average molecular weight is 354 g/mol. The number of rotatable bonds is 6. The molecule has 1 aromatic carbocycles. The van der Waals surface area contributed by atoms with Crippen LogP contribution in [0.15, 0.2) is 28.7 Å². The van der Waals surface area contributed by atoms with Crippen molar-refractivity contribution in [1.29, 1.82) is 0 Å². The molecule has 2 atom stereocenters. The molecule has 1 heterocycles. The third kappa shape index (κ3) is 4.28. The number of halogens is 1. The Morgan fingerprint density at radius 2 is 1.81 bits per heavy atom. The average Bonchev–Trinajstić information content (AvgIpc) is 2.51. The highest BCUT2D eigenvalue weighted by Gasteiger charge is 2.29. The summed E-state index contributed by atoms with van der Waals surface area (Å²) < 4.78 is 1.18. The van der Waals surface area contributed by atoms with Gasteiger partial charge in [-0.05, 0) is 31.0 Å². The van der Waals surface area contributed by atoms with Gasteiger partial charge in [-0.15, -0.1) is 0 Å². The lowest BCUT2D eigenvalue weighted by molar-refractivity contribution is 0.0834. The van der Waals surface area contributed by atoms with Crippen molar-refractivity contribution in [2.45, 2.75) is 38.8 Å². The molecule has 1 aliphatic heterocycles. The molecule has 1 aromatic rings. The van der Waals surface area contributed by atoms with Crippen molar-refractivity contribution in [2.24, 2.45) is 5.73 Å². The first-order chi connectivity index (χ1) is 10.2. The summed E-state index contributed by atoms with van der Waals surface area (Å²) in [6.45, 7) is 10.2. The van der Waals surface area contributed by atoms with Crippen LogP contribution in [0.4, 0.5) is 0 Å². The first-order valence-corrected chi connectivity index (χ1v) is 8.93. The van der Waals surface area contributed by atoms with Crippen LogP contribution in [0.25, 0.3) is 0 Å². The molecule has 118 valence electrons.